The number of carbonyl (C=O) groups excluding carboxylic acids is 3. The number of carbonyl (C=O) groups is 3. The Balaban J connectivity index is 1.43. The average Bonchev–Trinajstić information content (AvgIpc) is 3.51. The van der Waals surface area contributed by atoms with Crippen molar-refractivity contribution in [3.05, 3.63) is 65.2 Å². The van der Waals surface area contributed by atoms with Gasteiger partial charge in [-0.3, -0.25) is 14.4 Å². The van der Waals surface area contributed by atoms with Gasteiger partial charge >= 0.3 is 0 Å². The predicted molar refractivity (Wildman–Crippen MR) is 120 cm³/mol. The molecule has 1 aliphatic carbocycles. The van der Waals surface area contributed by atoms with Gasteiger partial charge in [-0.25, -0.2) is 0 Å². The van der Waals surface area contributed by atoms with Crippen molar-refractivity contribution < 1.29 is 14.4 Å². The second kappa shape index (κ2) is 9.65. The zero-order valence-electron chi connectivity index (χ0n) is 17.8. The van der Waals surface area contributed by atoms with Gasteiger partial charge in [0.15, 0.2) is 0 Å². The zero-order valence-corrected chi connectivity index (χ0v) is 17.8. The van der Waals surface area contributed by atoms with E-state index in [1.54, 1.807) is 53.4 Å². The summed E-state index contributed by atoms with van der Waals surface area (Å²) in [7, 11) is 0. The van der Waals surface area contributed by atoms with Crippen LogP contribution in [-0.4, -0.2) is 41.2 Å². The number of amides is 3. The highest BCUT2D eigenvalue weighted by atomic mass is 16.2. The van der Waals surface area contributed by atoms with Crippen LogP contribution in [0.3, 0.4) is 0 Å². The van der Waals surface area contributed by atoms with Gasteiger partial charge in [0.2, 0.25) is 5.91 Å². The number of nitrogens with one attached hydrogen (secondary N) is 2. The third kappa shape index (κ3) is 4.80. The molecule has 0 spiro atoms. The number of rotatable bonds is 5. The lowest BCUT2D eigenvalue weighted by molar-refractivity contribution is -0.125. The van der Waals surface area contributed by atoms with Crippen molar-refractivity contribution in [3.63, 3.8) is 0 Å². The van der Waals surface area contributed by atoms with Crippen molar-refractivity contribution >= 4 is 23.4 Å². The van der Waals surface area contributed by atoms with Gasteiger partial charge in [0.25, 0.3) is 11.8 Å². The Morgan fingerprint density at radius 1 is 0.938 bits per heavy atom. The van der Waals surface area contributed by atoms with E-state index < -0.39 is 6.04 Å². The molecule has 2 aromatic carbocycles. The van der Waals surface area contributed by atoms with E-state index in [1.165, 1.54) is 0 Å². The number of nitriles is 1. The van der Waals surface area contributed by atoms with Crippen LogP contribution in [0.4, 0.5) is 5.69 Å². The van der Waals surface area contributed by atoms with E-state index in [-0.39, 0.29) is 23.8 Å². The molecule has 2 aromatic rings. The van der Waals surface area contributed by atoms with Gasteiger partial charge in [-0.2, -0.15) is 5.26 Å². The van der Waals surface area contributed by atoms with Crippen LogP contribution in [-0.2, 0) is 4.79 Å². The molecule has 0 bridgehead atoms. The molecule has 2 fully saturated rings. The van der Waals surface area contributed by atoms with Crippen molar-refractivity contribution in [2.45, 2.75) is 50.6 Å². The Kier molecular flexibility index (Phi) is 6.50. The Hall–Kier alpha value is -3.66. The zero-order chi connectivity index (χ0) is 22.5. The molecular formula is C25H26N4O3. The lowest BCUT2D eigenvalue weighted by Crippen LogP contribution is -2.48. The fraction of sp³-hybridized carbons (Fsp3) is 0.360. The first-order valence-corrected chi connectivity index (χ1v) is 11.1. The maximum Gasteiger partial charge on any atom is 0.255 e. The molecule has 2 aliphatic rings. The minimum absolute atomic E-state index is 0.0620. The van der Waals surface area contributed by atoms with E-state index in [4.69, 9.17) is 5.26 Å². The highest BCUT2D eigenvalue weighted by Gasteiger charge is 2.35. The summed E-state index contributed by atoms with van der Waals surface area (Å²) in [6, 6.07) is 14.9. The van der Waals surface area contributed by atoms with E-state index in [0.29, 0.717) is 35.3 Å². The third-order valence-electron chi connectivity index (χ3n) is 6.16. The monoisotopic (exact) mass is 430 g/mol. The minimum Gasteiger partial charge on any atom is -0.352 e. The van der Waals surface area contributed by atoms with Crippen LogP contribution in [0.1, 0.15) is 64.8 Å². The summed E-state index contributed by atoms with van der Waals surface area (Å²) in [5.41, 5.74) is 1.83. The highest BCUT2D eigenvalue weighted by molar-refractivity contribution is 6.05. The molecule has 0 radical (unpaired) electrons. The molecule has 4 rings (SSSR count). The SMILES string of the molecule is N#Cc1ccc(C(=O)Nc2cccc(C(=O)N3CCC[C@H]3C(=O)NC3CCCC3)c2)cc1. The lowest BCUT2D eigenvalue weighted by Gasteiger charge is -2.25. The quantitative estimate of drug-likeness (QED) is 0.758. The molecule has 1 atom stereocenters. The standard InChI is InChI=1S/C25H26N4O3/c26-16-17-10-12-18(13-11-17)23(30)28-21-8-3-5-19(15-21)25(32)29-14-4-9-22(29)24(31)27-20-6-1-2-7-20/h3,5,8,10-13,15,20,22H,1-2,4,6-7,9,14H2,(H,27,31)(H,28,30)/t22-/m0/s1. The fourth-order valence-corrected chi connectivity index (χ4v) is 4.45. The molecular weight excluding hydrogens is 404 g/mol. The van der Waals surface area contributed by atoms with Crippen molar-refractivity contribution in [3.8, 4) is 6.07 Å². The van der Waals surface area contributed by atoms with Gasteiger partial charge in [0, 0.05) is 29.4 Å². The van der Waals surface area contributed by atoms with Gasteiger partial charge in [-0.15, -0.1) is 0 Å². The Morgan fingerprint density at radius 3 is 2.41 bits per heavy atom. The van der Waals surface area contributed by atoms with Crippen molar-refractivity contribution in [1.29, 1.82) is 5.26 Å². The summed E-state index contributed by atoms with van der Waals surface area (Å²) < 4.78 is 0. The number of hydrogen-bond acceptors (Lipinski definition) is 4. The van der Waals surface area contributed by atoms with Gasteiger partial charge in [0.1, 0.15) is 6.04 Å². The second-order valence-electron chi connectivity index (χ2n) is 8.37. The van der Waals surface area contributed by atoms with Crippen LogP contribution in [0, 0.1) is 11.3 Å². The number of likely N-dealkylation sites (tertiary alicyclic amines) is 1. The van der Waals surface area contributed by atoms with Crippen LogP contribution in [0.5, 0.6) is 0 Å². The molecule has 1 aliphatic heterocycles. The summed E-state index contributed by atoms with van der Waals surface area (Å²) in [5.74, 6) is -0.592. The van der Waals surface area contributed by atoms with Crippen molar-refractivity contribution in [1.82, 2.24) is 10.2 Å². The largest absolute Gasteiger partial charge is 0.352 e. The van der Waals surface area contributed by atoms with Gasteiger partial charge < -0.3 is 15.5 Å². The van der Waals surface area contributed by atoms with Crippen LogP contribution in [0.15, 0.2) is 48.5 Å². The number of benzene rings is 2. The van der Waals surface area contributed by atoms with E-state index in [1.807, 2.05) is 6.07 Å². The van der Waals surface area contributed by atoms with Gasteiger partial charge in [0.05, 0.1) is 11.6 Å². The first-order valence-electron chi connectivity index (χ1n) is 11.1. The molecule has 1 heterocycles. The smallest absolute Gasteiger partial charge is 0.255 e. The first kappa shape index (κ1) is 21.6. The molecule has 2 N–H and O–H groups in total. The normalized spacial score (nSPS) is 18.2. The predicted octanol–water partition coefficient (Wildman–Crippen LogP) is 3.47. The molecule has 7 heteroatoms. The number of anilines is 1. The molecule has 0 aromatic heterocycles. The molecule has 32 heavy (non-hydrogen) atoms. The van der Waals surface area contributed by atoms with E-state index >= 15 is 0 Å². The summed E-state index contributed by atoms with van der Waals surface area (Å²) in [6.45, 7) is 0.545. The van der Waals surface area contributed by atoms with Crippen LogP contribution < -0.4 is 10.6 Å². The van der Waals surface area contributed by atoms with E-state index in [2.05, 4.69) is 10.6 Å². The lowest BCUT2D eigenvalue weighted by atomic mass is 10.1. The molecule has 1 saturated carbocycles. The Bertz CT molecular complexity index is 1050. The summed E-state index contributed by atoms with van der Waals surface area (Å²) >= 11 is 0. The summed E-state index contributed by atoms with van der Waals surface area (Å²) in [4.78, 5) is 40.1. The maximum atomic E-state index is 13.2. The van der Waals surface area contributed by atoms with E-state index in [9.17, 15) is 14.4 Å². The Morgan fingerprint density at radius 2 is 1.69 bits per heavy atom. The summed E-state index contributed by atoms with van der Waals surface area (Å²) in [5, 5.41) is 14.8. The molecule has 7 nitrogen and oxygen atoms in total. The third-order valence-corrected chi connectivity index (χ3v) is 6.16. The van der Waals surface area contributed by atoms with E-state index in [0.717, 1.165) is 32.1 Å². The van der Waals surface area contributed by atoms with Gasteiger partial charge in [-0.1, -0.05) is 18.9 Å². The average molecular weight is 431 g/mol. The maximum absolute atomic E-state index is 13.2. The van der Waals surface area contributed by atoms with Crippen LogP contribution in [0.25, 0.3) is 0 Å². The Labute approximate surface area is 187 Å². The molecule has 1 saturated heterocycles. The van der Waals surface area contributed by atoms with Crippen molar-refractivity contribution in [2.75, 3.05) is 11.9 Å². The number of nitrogens with zero attached hydrogens (tertiary/aromatic N) is 2. The second-order valence-corrected chi connectivity index (χ2v) is 8.37. The molecule has 0 unspecified atom stereocenters. The number of hydrogen-bond donors (Lipinski definition) is 2. The molecule has 164 valence electrons. The van der Waals surface area contributed by atoms with Crippen molar-refractivity contribution in [2.24, 2.45) is 0 Å². The fourth-order valence-electron chi connectivity index (χ4n) is 4.45. The highest BCUT2D eigenvalue weighted by Crippen LogP contribution is 2.24. The van der Waals surface area contributed by atoms with Gasteiger partial charge in [-0.05, 0) is 68.1 Å². The van der Waals surface area contributed by atoms with Crippen LogP contribution >= 0.6 is 0 Å². The first-order chi connectivity index (χ1) is 15.5. The molecule has 3 amide bonds. The topological polar surface area (TPSA) is 102 Å². The van der Waals surface area contributed by atoms with Crippen LogP contribution in [0.2, 0.25) is 0 Å². The minimum atomic E-state index is -0.444. The summed E-state index contributed by atoms with van der Waals surface area (Å²) in [6.07, 6.45) is 5.75.